The van der Waals surface area contributed by atoms with Gasteiger partial charge in [0.1, 0.15) is 0 Å². The van der Waals surface area contributed by atoms with Crippen LogP contribution in [0.2, 0.25) is 0 Å². The molecule has 0 saturated carbocycles. The zero-order valence-corrected chi connectivity index (χ0v) is 12.0. The highest BCUT2D eigenvalue weighted by molar-refractivity contribution is 5.88. The van der Waals surface area contributed by atoms with Crippen molar-refractivity contribution in [3.63, 3.8) is 0 Å². The van der Waals surface area contributed by atoms with Crippen LogP contribution in [0.15, 0.2) is 24.5 Å². The summed E-state index contributed by atoms with van der Waals surface area (Å²) in [7, 11) is 0. The van der Waals surface area contributed by atoms with Crippen molar-refractivity contribution in [2.24, 2.45) is 0 Å². The minimum absolute atomic E-state index is 0.00532. The predicted octanol–water partition coefficient (Wildman–Crippen LogP) is 1.10. The van der Waals surface area contributed by atoms with Gasteiger partial charge in [-0.25, -0.2) is 0 Å². The highest BCUT2D eigenvalue weighted by Crippen LogP contribution is 2.27. The van der Waals surface area contributed by atoms with Gasteiger partial charge in [-0.1, -0.05) is 13.0 Å². The Morgan fingerprint density at radius 3 is 3.00 bits per heavy atom. The first-order valence-electron chi connectivity index (χ1n) is 7.01. The molecule has 2 heterocycles. The van der Waals surface area contributed by atoms with Crippen LogP contribution in [0, 0.1) is 0 Å². The van der Waals surface area contributed by atoms with Gasteiger partial charge in [-0.2, -0.15) is 0 Å². The molecule has 0 spiro atoms. The Labute approximate surface area is 119 Å². The first kappa shape index (κ1) is 14.5. The van der Waals surface area contributed by atoms with Crippen LogP contribution in [-0.4, -0.2) is 41.3 Å². The van der Waals surface area contributed by atoms with E-state index in [1.165, 1.54) is 0 Å². The molecule has 5 nitrogen and oxygen atoms in total. The Balaban J connectivity index is 2.08. The molecule has 1 N–H and O–H groups in total. The van der Waals surface area contributed by atoms with Crippen molar-refractivity contribution >= 4 is 12.3 Å². The molecule has 2 rings (SSSR count). The van der Waals surface area contributed by atoms with E-state index in [0.29, 0.717) is 19.5 Å². The van der Waals surface area contributed by atoms with Gasteiger partial charge < -0.3 is 10.2 Å². The lowest BCUT2D eigenvalue weighted by Gasteiger charge is -2.29. The molecular formula is C15H21N3O2. The maximum Gasteiger partial charge on any atom is 0.230 e. The van der Waals surface area contributed by atoms with Crippen LogP contribution in [0.25, 0.3) is 0 Å². The molecule has 1 aromatic rings. The highest BCUT2D eigenvalue weighted by atomic mass is 16.2. The number of carbonyl (C=O) groups is 2. The number of hydrogen-bond donors (Lipinski definition) is 1. The van der Waals surface area contributed by atoms with E-state index in [1.54, 1.807) is 17.3 Å². The fourth-order valence-corrected chi connectivity index (χ4v) is 2.53. The van der Waals surface area contributed by atoms with Crippen LogP contribution in [0.5, 0.6) is 0 Å². The molecular weight excluding hydrogens is 254 g/mol. The van der Waals surface area contributed by atoms with Crippen molar-refractivity contribution in [2.45, 2.75) is 38.1 Å². The van der Waals surface area contributed by atoms with Gasteiger partial charge >= 0.3 is 0 Å². The number of rotatable bonds is 5. The maximum atomic E-state index is 12.6. The van der Waals surface area contributed by atoms with Crippen molar-refractivity contribution in [3.8, 4) is 0 Å². The molecule has 2 atom stereocenters. The van der Waals surface area contributed by atoms with Gasteiger partial charge in [0.25, 0.3) is 0 Å². The number of nitrogens with zero attached hydrogens (tertiary/aromatic N) is 2. The number of likely N-dealkylation sites (tertiary alicyclic amines) is 1. The van der Waals surface area contributed by atoms with Crippen molar-refractivity contribution in [3.05, 3.63) is 30.1 Å². The fraction of sp³-hybridized carbons (Fsp3) is 0.533. The van der Waals surface area contributed by atoms with Gasteiger partial charge in [-0.15, -0.1) is 0 Å². The van der Waals surface area contributed by atoms with Crippen molar-refractivity contribution in [2.75, 3.05) is 13.1 Å². The Hall–Kier alpha value is -1.91. The van der Waals surface area contributed by atoms with Crippen LogP contribution in [0.1, 0.15) is 32.3 Å². The van der Waals surface area contributed by atoms with Crippen molar-refractivity contribution in [1.29, 1.82) is 0 Å². The summed E-state index contributed by atoms with van der Waals surface area (Å²) >= 11 is 0. The zero-order valence-electron chi connectivity index (χ0n) is 12.0. The minimum atomic E-state index is -0.580. The summed E-state index contributed by atoms with van der Waals surface area (Å²) in [6, 6.07) is 3.83. The summed E-state index contributed by atoms with van der Waals surface area (Å²) in [5, 5.41) is 3.07. The molecule has 0 radical (unpaired) electrons. The summed E-state index contributed by atoms with van der Waals surface area (Å²) in [4.78, 5) is 29.1. The average Bonchev–Trinajstić information content (AvgIpc) is 2.94. The topological polar surface area (TPSA) is 62.3 Å². The largest absolute Gasteiger partial charge is 0.351 e. The van der Waals surface area contributed by atoms with Crippen LogP contribution in [-0.2, 0) is 15.0 Å². The number of nitrogens with one attached hydrogen (secondary N) is 1. The van der Waals surface area contributed by atoms with E-state index in [9.17, 15) is 9.59 Å². The summed E-state index contributed by atoms with van der Waals surface area (Å²) < 4.78 is 0. The van der Waals surface area contributed by atoms with Crippen molar-refractivity contribution < 1.29 is 9.59 Å². The fourth-order valence-electron chi connectivity index (χ4n) is 2.53. The first-order valence-corrected chi connectivity index (χ1v) is 7.01. The molecule has 1 fully saturated rings. The maximum absolute atomic E-state index is 12.6. The van der Waals surface area contributed by atoms with E-state index >= 15 is 0 Å². The minimum Gasteiger partial charge on any atom is -0.351 e. The van der Waals surface area contributed by atoms with E-state index in [0.717, 1.165) is 18.4 Å². The Kier molecular flexibility index (Phi) is 4.37. The second-order valence-electron chi connectivity index (χ2n) is 5.49. The third-order valence-electron chi connectivity index (χ3n) is 4.21. The molecule has 0 bridgehead atoms. The Morgan fingerprint density at radius 2 is 2.45 bits per heavy atom. The monoisotopic (exact) mass is 275 g/mol. The van der Waals surface area contributed by atoms with E-state index in [-0.39, 0.29) is 11.9 Å². The predicted molar refractivity (Wildman–Crippen MR) is 76.1 cm³/mol. The molecule has 20 heavy (non-hydrogen) atoms. The zero-order chi connectivity index (χ0) is 14.6. The summed E-state index contributed by atoms with van der Waals surface area (Å²) in [5.41, 5.74) is 0.341. The van der Waals surface area contributed by atoms with E-state index in [1.807, 2.05) is 26.0 Å². The number of amides is 2. The molecule has 1 saturated heterocycles. The highest BCUT2D eigenvalue weighted by Gasteiger charge is 2.35. The number of carbonyl (C=O) groups excluding carboxylic acids is 2. The van der Waals surface area contributed by atoms with E-state index in [4.69, 9.17) is 0 Å². The molecule has 1 aliphatic heterocycles. The van der Waals surface area contributed by atoms with Crippen LogP contribution < -0.4 is 5.32 Å². The summed E-state index contributed by atoms with van der Waals surface area (Å²) in [6.07, 6.45) is 5.81. The smallest absolute Gasteiger partial charge is 0.230 e. The summed E-state index contributed by atoms with van der Waals surface area (Å²) in [5.74, 6) is 0.00532. The number of aromatic nitrogens is 1. The average molecular weight is 275 g/mol. The van der Waals surface area contributed by atoms with Gasteiger partial charge in [0, 0.05) is 31.5 Å². The molecule has 5 heteroatoms. The first-order chi connectivity index (χ1) is 9.60. The van der Waals surface area contributed by atoms with Gasteiger partial charge in [0.05, 0.1) is 5.41 Å². The quantitative estimate of drug-likeness (QED) is 0.818. The van der Waals surface area contributed by atoms with Gasteiger partial charge in [-0.05, 0) is 31.4 Å². The van der Waals surface area contributed by atoms with E-state index in [2.05, 4.69) is 10.3 Å². The third kappa shape index (κ3) is 2.81. The van der Waals surface area contributed by atoms with Crippen LogP contribution in [0.4, 0.5) is 0 Å². The lowest BCUT2D eigenvalue weighted by atomic mass is 9.80. The normalized spacial score (nSPS) is 21.3. The van der Waals surface area contributed by atoms with Crippen molar-refractivity contribution in [1.82, 2.24) is 15.2 Å². The van der Waals surface area contributed by atoms with Gasteiger partial charge in [0.2, 0.25) is 12.3 Å². The Bertz CT molecular complexity index is 477. The SMILES string of the molecule is CCC(C)(C(=O)NC1CCN(C=O)C1)c1cccnc1. The van der Waals surface area contributed by atoms with Crippen LogP contribution >= 0.6 is 0 Å². The lowest BCUT2D eigenvalue weighted by molar-refractivity contribution is -0.127. The molecule has 1 aliphatic rings. The molecule has 2 unspecified atom stereocenters. The summed E-state index contributed by atoms with van der Waals surface area (Å²) in [6.45, 7) is 5.25. The van der Waals surface area contributed by atoms with Gasteiger partial charge in [0.15, 0.2) is 0 Å². The molecule has 2 amide bonds. The molecule has 0 aliphatic carbocycles. The van der Waals surface area contributed by atoms with Gasteiger partial charge in [-0.3, -0.25) is 14.6 Å². The Morgan fingerprint density at radius 1 is 1.65 bits per heavy atom. The third-order valence-corrected chi connectivity index (χ3v) is 4.21. The molecule has 1 aromatic heterocycles. The number of pyridine rings is 1. The second-order valence-corrected chi connectivity index (χ2v) is 5.49. The molecule has 0 aromatic carbocycles. The molecule has 108 valence electrons. The van der Waals surface area contributed by atoms with E-state index < -0.39 is 5.41 Å². The van der Waals surface area contributed by atoms with Crippen LogP contribution in [0.3, 0.4) is 0 Å². The standard InChI is InChI=1S/C15H21N3O2/c1-3-15(2,12-5-4-7-16-9-12)14(20)17-13-6-8-18(10-13)11-19/h4-5,7,9,11,13H,3,6,8,10H2,1-2H3,(H,17,20). The number of hydrogen-bond acceptors (Lipinski definition) is 3. The lowest BCUT2D eigenvalue weighted by Crippen LogP contribution is -2.47. The second kappa shape index (κ2) is 6.03.